The topological polar surface area (TPSA) is 21.3 Å². The highest BCUT2D eigenvalue weighted by Crippen LogP contribution is 2.57. The molecule has 3 saturated carbocycles. The lowest BCUT2D eigenvalue weighted by molar-refractivity contribution is -0.185. The fraction of sp³-hybridized carbons (Fsp3) is 0.882. The van der Waals surface area contributed by atoms with Crippen molar-refractivity contribution in [1.82, 2.24) is 5.32 Å². The molecule has 0 aromatic heterocycles. The van der Waals surface area contributed by atoms with E-state index in [1.807, 2.05) is 0 Å². The zero-order valence-electron chi connectivity index (χ0n) is 23.8. The fourth-order valence-electron chi connectivity index (χ4n) is 10.9. The molecule has 39 heavy (non-hydrogen) atoms. The van der Waals surface area contributed by atoms with Crippen LogP contribution in [0.3, 0.4) is 0 Å². The summed E-state index contributed by atoms with van der Waals surface area (Å²) in [6.45, 7) is 1.16. The Labute approximate surface area is 234 Å². The Hall–Kier alpha value is -0.970. The number of alkyl halides is 3. The van der Waals surface area contributed by atoms with Gasteiger partial charge >= 0.3 is 6.18 Å². The molecule has 218 valence electrons. The molecule has 5 heteroatoms. The molecule has 5 aliphatic carbocycles. The summed E-state index contributed by atoms with van der Waals surface area (Å²) in [5.41, 5.74) is 3.31. The molecule has 0 spiro atoms. The molecule has 7 aliphatic rings. The van der Waals surface area contributed by atoms with E-state index >= 15 is 0 Å². The standard InChI is InChI=1S/C34H50F3NO/c35-34(36,37)26-17-15-22(16-18-26)27-6-4-10-31-32(27)29-8-3-7-28(33(29)39-31)23-13-11-21(12-14-23)25-19-24-5-1-2-9-30(24)38-20-25/h11,13,21-23,25-29,31-33,38H,1-10,12,14-20H2. The summed E-state index contributed by atoms with van der Waals surface area (Å²) in [4.78, 5) is 0. The van der Waals surface area contributed by atoms with Crippen LogP contribution in [0.1, 0.15) is 109 Å². The van der Waals surface area contributed by atoms with Crippen LogP contribution in [0.2, 0.25) is 0 Å². The van der Waals surface area contributed by atoms with Gasteiger partial charge in [-0.3, -0.25) is 0 Å². The largest absolute Gasteiger partial charge is 0.391 e. The second kappa shape index (κ2) is 11.0. The Kier molecular flexibility index (Phi) is 7.60. The molecular formula is C34H50F3NO. The molecule has 0 aromatic carbocycles. The van der Waals surface area contributed by atoms with Crippen molar-refractivity contribution in [3.05, 3.63) is 23.4 Å². The van der Waals surface area contributed by atoms with Crippen LogP contribution in [0.25, 0.3) is 0 Å². The monoisotopic (exact) mass is 545 g/mol. The van der Waals surface area contributed by atoms with Crippen LogP contribution < -0.4 is 5.32 Å². The van der Waals surface area contributed by atoms with E-state index in [1.165, 1.54) is 83.5 Å². The Balaban J connectivity index is 1.00. The number of nitrogens with one attached hydrogen (secondary N) is 1. The predicted molar refractivity (Wildman–Crippen MR) is 149 cm³/mol. The number of hydrogen-bond donors (Lipinski definition) is 1. The van der Waals surface area contributed by atoms with Gasteiger partial charge in [0.2, 0.25) is 0 Å². The Morgan fingerprint density at radius 2 is 1.41 bits per heavy atom. The number of rotatable bonds is 3. The van der Waals surface area contributed by atoms with Gasteiger partial charge in [0.1, 0.15) is 0 Å². The smallest absolute Gasteiger partial charge is 0.388 e. The highest BCUT2D eigenvalue weighted by molar-refractivity contribution is 5.20. The normalized spacial score (nSPS) is 46.7. The average molecular weight is 546 g/mol. The van der Waals surface area contributed by atoms with Gasteiger partial charge in [-0.05, 0) is 144 Å². The van der Waals surface area contributed by atoms with Gasteiger partial charge in [-0.1, -0.05) is 30.6 Å². The molecule has 7 rings (SSSR count). The molecule has 1 N–H and O–H groups in total. The summed E-state index contributed by atoms with van der Waals surface area (Å²) in [5.74, 6) is 4.03. The Morgan fingerprint density at radius 3 is 2.21 bits per heavy atom. The molecule has 0 bridgehead atoms. The number of halogens is 3. The van der Waals surface area contributed by atoms with Crippen molar-refractivity contribution < 1.29 is 17.9 Å². The first-order valence-corrected chi connectivity index (χ1v) is 16.8. The third-order valence-electron chi connectivity index (χ3n) is 12.8. The van der Waals surface area contributed by atoms with E-state index in [-0.39, 0.29) is 0 Å². The molecular weight excluding hydrogens is 495 g/mol. The number of hydrogen-bond acceptors (Lipinski definition) is 2. The second-order valence-electron chi connectivity index (χ2n) is 14.6. The zero-order chi connectivity index (χ0) is 26.6. The molecule has 9 unspecified atom stereocenters. The van der Waals surface area contributed by atoms with Gasteiger partial charge in [0.25, 0.3) is 0 Å². The third-order valence-corrected chi connectivity index (χ3v) is 12.8. The minimum absolute atomic E-state index is 0.350. The van der Waals surface area contributed by atoms with Crippen molar-refractivity contribution in [2.24, 2.45) is 53.3 Å². The Bertz CT molecular complexity index is 933. The predicted octanol–water partition coefficient (Wildman–Crippen LogP) is 8.98. The highest BCUT2D eigenvalue weighted by atomic mass is 19.4. The quantitative estimate of drug-likeness (QED) is 0.357. The van der Waals surface area contributed by atoms with E-state index in [4.69, 9.17) is 4.74 Å². The summed E-state index contributed by atoms with van der Waals surface area (Å²) in [6.07, 6.45) is 20.9. The summed E-state index contributed by atoms with van der Waals surface area (Å²) in [5, 5.41) is 3.81. The van der Waals surface area contributed by atoms with Crippen molar-refractivity contribution in [2.45, 2.75) is 128 Å². The van der Waals surface area contributed by atoms with Gasteiger partial charge in [0.15, 0.2) is 0 Å². The van der Waals surface area contributed by atoms with E-state index in [0.29, 0.717) is 66.5 Å². The SMILES string of the molecule is FC(F)(F)C1CCC(C2CCCC3OC4C(C5C=CC(C6CNC7=C(CCCC7)C6)CC5)CCCC4C32)CC1. The molecule has 0 radical (unpaired) electrons. The molecule has 2 aliphatic heterocycles. The van der Waals surface area contributed by atoms with Crippen LogP contribution in [0.15, 0.2) is 23.4 Å². The maximum atomic E-state index is 13.3. The molecule has 0 aromatic rings. The van der Waals surface area contributed by atoms with E-state index in [2.05, 4.69) is 17.5 Å². The van der Waals surface area contributed by atoms with Crippen molar-refractivity contribution in [2.75, 3.05) is 6.54 Å². The van der Waals surface area contributed by atoms with E-state index in [1.54, 1.807) is 11.3 Å². The zero-order valence-corrected chi connectivity index (χ0v) is 23.8. The number of ether oxygens (including phenoxy) is 1. The van der Waals surface area contributed by atoms with Crippen molar-refractivity contribution in [1.29, 1.82) is 0 Å². The summed E-state index contributed by atoms with van der Waals surface area (Å²) in [6, 6.07) is 0. The van der Waals surface area contributed by atoms with Crippen molar-refractivity contribution in [3.8, 4) is 0 Å². The minimum Gasteiger partial charge on any atom is -0.388 e. The average Bonchev–Trinajstić information content (AvgIpc) is 3.36. The number of fused-ring (bicyclic) bond motifs is 3. The maximum absolute atomic E-state index is 13.3. The first kappa shape index (κ1) is 26.9. The van der Waals surface area contributed by atoms with Crippen molar-refractivity contribution >= 4 is 0 Å². The van der Waals surface area contributed by atoms with E-state index in [0.717, 1.165) is 25.3 Å². The minimum atomic E-state index is -4.01. The summed E-state index contributed by atoms with van der Waals surface area (Å²) >= 11 is 0. The van der Waals surface area contributed by atoms with Crippen molar-refractivity contribution in [3.63, 3.8) is 0 Å². The summed E-state index contributed by atoms with van der Waals surface area (Å²) in [7, 11) is 0. The molecule has 0 amide bonds. The van der Waals surface area contributed by atoms with Crippen LogP contribution in [-0.4, -0.2) is 24.9 Å². The molecule has 9 atom stereocenters. The summed E-state index contributed by atoms with van der Waals surface area (Å²) < 4.78 is 47.0. The maximum Gasteiger partial charge on any atom is 0.391 e. The van der Waals surface area contributed by atoms with Crippen LogP contribution in [0.5, 0.6) is 0 Å². The molecule has 4 fully saturated rings. The van der Waals surface area contributed by atoms with Crippen LogP contribution >= 0.6 is 0 Å². The fourth-order valence-corrected chi connectivity index (χ4v) is 10.9. The first-order chi connectivity index (χ1) is 19.0. The lowest BCUT2D eigenvalue weighted by Crippen LogP contribution is -2.42. The van der Waals surface area contributed by atoms with E-state index in [9.17, 15) is 13.2 Å². The number of allylic oxidation sites excluding steroid dienone is 4. The Morgan fingerprint density at radius 1 is 0.692 bits per heavy atom. The second-order valence-corrected chi connectivity index (χ2v) is 14.6. The van der Waals surface area contributed by atoms with Gasteiger partial charge in [-0.25, -0.2) is 0 Å². The van der Waals surface area contributed by atoms with Crippen LogP contribution in [0, 0.1) is 53.3 Å². The van der Waals surface area contributed by atoms with Crippen LogP contribution in [-0.2, 0) is 4.74 Å². The van der Waals surface area contributed by atoms with Gasteiger partial charge in [-0.15, -0.1) is 0 Å². The van der Waals surface area contributed by atoms with Gasteiger partial charge in [0, 0.05) is 12.2 Å². The lowest BCUT2D eigenvalue weighted by atomic mass is 9.59. The van der Waals surface area contributed by atoms with Gasteiger partial charge in [-0.2, -0.15) is 13.2 Å². The molecule has 2 heterocycles. The molecule has 2 nitrogen and oxygen atoms in total. The van der Waals surface area contributed by atoms with Gasteiger partial charge in [0.05, 0.1) is 18.1 Å². The highest BCUT2D eigenvalue weighted by Gasteiger charge is 2.55. The first-order valence-electron chi connectivity index (χ1n) is 16.8. The van der Waals surface area contributed by atoms with Gasteiger partial charge < -0.3 is 10.1 Å². The van der Waals surface area contributed by atoms with Crippen LogP contribution in [0.4, 0.5) is 13.2 Å². The third kappa shape index (κ3) is 5.25. The molecule has 1 saturated heterocycles. The van der Waals surface area contributed by atoms with E-state index < -0.39 is 12.1 Å². The lowest BCUT2D eigenvalue weighted by Gasteiger charge is -2.45.